The number of cyclic esters (lactones) is 1. The lowest BCUT2D eigenvalue weighted by atomic mass is 9.86. The molecule has 16 nitrogen and oxygen atoms in total. The van der Waals surface area contributed by atoms with Crippen LogP contribution in [0.2, 0.25) is 0 Å². The van der Waals surface area contributed by atoms with Crippen LogP contribution in [0, 0.1) is 0 Å². The van der Waals surface area contributed by atoms with Gasteiger partial charge in [0, 0.05) is 43.2 Å². The van der Waals surface area contributed by atoms with Gasteiger partial charge in [0.15, 0.2) is 5.60 Å². The minimum atomic E-state index is -1.93. The third-order valence-electron chi connectivity index (χ3n) is 9.96. The van der Waals surface area contributed by atoms with Crippen LogP contribution in [0.15, 0.2) is 59.4 Å². The van der Waals surface area contributed by atoms with Crippen molar-refractivity contribution >= 4 is 40.8 Å². The summed E-state index contributed by atoms with van der Waals surface area (Å²) in [5, 5.41) is 19.7. The molecule has 5 amide bonds. The Kier molecular flexibility index (Phi) is 11.2. The number of nitrogens with one attached hydrogen (secondary N) is 3. The highest BCUT2D eigenvalue weighted by molar-refractivity contribution is 5.92. The number of rotatable bonds is 13. The number of hydrogen-bond donors (Lipinski definition) is 5. The van der Waals surface area contributed by atoms with Crippen LogP contribution in [0.5, 0.6) is 5.75 Å². The second kappa shape index (κ2) is 16.0. The molecule has 0 spiro atoms. The molecule has 0 fully saturated rings. The van der Waals surface area contributed by atoms with Crippen molar-refractivity contribution in [2.45, 2.75) is 64.3 Å². The Bertz CT molecular complexity index is 2240. The number of benzene rings is 2. The molecule has 0 unspecified atom stereocenters. The first-order valence-electron chi connectivity index (χ1n) is 18.0. The minimum Gasteiger partial charge on any atom is -0.458 e. The summed E-state index contributed by atoms with van der Waals surface area (Å²) in [5.41, 5.74) is 7.91. The van der Waals surface area contributed by atoms with E-state index in [2.05, 4.69) is 16.0 Å². The first kappa shape index (κ1) is 38.4. The molecule has 2 aliphatic heterocycles. The maximum Gasteiger partial charge on any atom is 0.415 e. The van der Waals surface area contributed by atoms with E-state index in [0.717, 1.165) is 22.1 Å². The molecule has 0 saturated heterocycles. The molecule has 0 radical (unpaired) electrons. The van der Waals surface area contributed by atoms with Crippen LogP contribution in [0.1, 0.15) is 54.5 Å². The highest BCUT2D eigenvalue weighted by Crippen LogP contribution is 2.40. The summed E-state index contributed by atoms with van der Waals surface area (Å²) in [5.74, 6) is -1.96. The fraction of sp³-hybridized carbons (Fsp3) is 0.359. The van der Waals surface area contributed by atoms with E-state index < -0.39 is 48.0 Å². The number of aromatic nitrogens is 2. The van der Waals surface area contributed by atoms with Gasteiger partial charge in [-0.15, -0.1) is 0 Å². The predicted molar refractivity (Wildman–Crippen MR) is 200 cm³/mol. The zero-order chi connectivity index (χ0) is 39.4. The number of urea groups is 1. The first-order valence-corrected chi connectivity index (χ1v) is 18.0. The number of aryl methyl sites for hydroxylation is 1. The molecule has 2 aliphatic rings. The summed E-state index contributed by atoms with van der Waals surface area (Å²) < 4.78 is 12.4. The fourth-order valence-corrected chi connectivity index (χ4v) is 6.93. The van der Waals surface area contributed by atoms with Gasteiger partial charge in [-0.05, 0) is 54.7 Å². The summed E-state index contributed by atoms with van der Waals surface area (Å²) in [4.78, 5) is 82.3. The Hall–Kier alpha value is -6.29. The largest absolute Gasteiger partial charge is 0.458 e. The molecule has 0 saturated carbocycles. The van der Waals surface area contributed by atoms with Crippen molar-refractivity contribution in [1.29, 1.82) is 0 Å². The normalized spacial score (nSPS) is 15.9. The molecular formula is C39H43N7O9. The molecule has 4 aromatic rings. The van der Waals surface area contributed by atoms with E-state index in [-0.39, 0.29) is 55.1 Å². The monoisotopic (exact) mass is 753 g/mol. The Labute approximate surface area is 316 Å². The number of likely N-dealkylation sites (N-methyl/N-ethyl adjacent to an activating group) is 1. The number of carbonyl (C=O) groups is 5. The lowest BCUT2D eigenvalue weighted by Gasteiger charge is -2.31. The van der Waals surface area contributed by atoms with E-state index in [1.54, 1.807) is 35.8 Å². The number of pyridine rings is 2. The lowest BCUT2D eigenvalue weighted by molar-refractivity contribution is -0.172. The fourth-order valence-electron chi connectivity index (χ4n) is 6.93. The smallest absolute Gasteiger partial charge is 0.415 e. The number of fused-ring (bicyclic) bond motifs is 5. The number of ether oxygens (including phenoxy) is 2. The molecule has 288 valence electrons. The molecule has 6 rings (SSSR count). The number of hydrogen-bond acceptors (Lipinski definition) is 10. The van der Waals surface area contributed by atoms with Crippen molar-refractivity contribution in [3.05, 3.63) is 92.8 Å². The van der Waals surface area contributed by atoms with Crippen molar-refractivity contribution in [2.24, 2.45) is 5.73 Å². The molecule has 16 heteroatoms. The van der Waals surface area contributed by atoms with Crippen LogP contribution in [0.4, 0.5) is 9.59 Å². The number of primary amides is 1. The quantitative estimate of drug-likeness (QED) is 0.110. The zero-order valence-electron chi connectivity index (χ0n) is 30.8. The number of amides is 5. The molecule has 2 aromatic heterocycles. The van der Waals surface area contributed by atoms with Gasteiger partial charge in [-0.3, -0.25) is 14.4 Å². The first-order chi connectivity index (χ1) is 26.3. The molecule has 55 heavy (non-hydrogen) atoms. The molecule has 0 aliphatic carbocycles. The third-order valence-corrected chi connectivity index (χ3v) is 9.96. The van der Waals surface area contributed by atoms with Gasteiger partial charge >= 0.3 is 18.1 Å². The second-order valence-corrected chi connectivity index (χ2v) is 13.5. The van der Waals surface area contributed by atoms with E-state index in [1.165, 1.54) is 11.9 Å². The summed E-state index contributed by atoms with van der Waals surface area (Å²) in [7, 11) is 1.49. The highest BCUT2D eigenvalue weighted by atomic mass is 16.6. The molecule has 2 atom stereocenters. The van der Waals surface area contributed by atoms with Crippen LogP contribution in [0.3, 0.4) is 0 Å². The number of nitrogens with two attached hydrogens (primary N) is 1. The summed E-state index contributed by atoms with van der Waals surface area (Å²) in [6.07, 6.45) is 0.0692. The van der Waals surface area contributed by atoms with Crippen molar-refractivity contribution in [2.75, 3.05) is 26.7 Å². The number of aliphatic hydroxyl groups is 1. The van der Waals surface area contributed by atoms with Gasteiger partial charge in [0.05, 0.1) is 35.4 Å². The standard InChI is InChI=1S/C39H43N7O9/c1-4-24-25-17-23(11-12-29(25)43-33-26(24)20-46-31(33)18-28-27(35(46)49)21-54-36(50)39(28,53)5-2)55-38(52)45(3)16-15-41-34(48)30(19-32(40)47)44-37(51)42-14-13-22-9-7-6-8-10-22/h6-12,17-18,30,53H,4-5,13-16,19-21H2,1-3H3,(H2,40,47)(H,41,48)(H2,42,44,51)/t30-,39+/m1/s1. The van der Waals surface area contributed by atoms with Crippen LogP contribution < -0.4 is 32.0 Å². The predicted octanol–water partition coefficient (Wildman–Crippen LogP) is 1.97. The van der Waals surface area contributed by atoms with Crippen LogP contribution in [-0.4, -0.2) is 82.2 Å². The van der Waals surface area contributed by atoms with Crippen LogP contribution in [0.25, 0.3) is 22.3 Å². The molecule has 4 heterocycles. The average Bonchev–Trinajstić information content (AvgIpc) is 3.53. The lowest BCUT2D eigenvalue weighted by Crippen LogP contribution is -2.52. The SMILES string of the molecule is CCc1c2c(nc3ccc(OC(=O)N(C)CCNC(=O)[C@@H](CC(N)=O)NC(=O)NCCc4ccccc4)cc13)-c1cc3c(c(=O)n1C2)COC(=O)[C@]3(O)CC. The zero-order valence-corrected chi connectivity index (χ0v) is 30.8. The Morgan fingerprint density at radius 2 is 1.82 bits per heavy atom. The highest BCUT2D eigenvalue weighted by Gasteiger charge is 2.45. The maximum atomic E-state index is 13.6. The van der Waals surface area contributed by atoms with E-state index in [4.69, 9.17) is 20.2 Å². The van der Waals surface area contributed by atoms with Gasteiger partial charge in [-0.2, -0.15) is 0 Å². The van der Waals surface area contributed by atoms with Gasteiger partial charge in [0.25, 0.3) is 5.56 Å². The molecule has 6 N–H and O–H groups in total. The van der Waals surface area contributed by atoms with Crippen LogP contribution in [-0.2, 0) is 50.7 Å². The molecule has 0 bridgehead atoms. The Morgan fingerprint density at radius 3 is 2.53 bits per heavy atom. The van der Waals surface area contributed by atoms with E-state index in [9.17, 15) is 33.9 Å². The minimum absolute atomic E-state index is 0.00986. The van der Waals surface area contributed by atoms with Crippen LogP contribution >= 0.6 is 0 Å². The van der Waals surface area contributed by atoms with Crippen molar-refractivity contribution in [3.8, 4) is 17.1 Å². The average molecular weight is 754 g/mol. The summed E-state index contributed by atoms with van der Waals surface area (Å²) in [6.45, 7) is 3.97. The van der Waals surface area contributed by atoms with Gasteiger partial charge in [-0.25, -0.2) is 19.4 Å². The van der Waals surface area contributed by atoms with Gasteiger partial charge < -0.3 is 45.7 Å². The Balaban J connectivity index is 1.09. The number of esters is 1. The van der Waals surface area contributed by atoms with E-state index in [0.29, 0.717) is 36.3 Å². The second-order valence-electron chi connectivity index (χ2n) is 13.5. The van der Waals surface area contributed by atoms with Crippen molar-refractivity contribution in [3.63, 3.8) is 0 Å². The van der Waals surface area contributed by atoms with Crippen molar-refractivity contribution < 1.29 is 38.6 Å². The van der Waals surface area contributed by atoms with E-state index >= 15 is 0 Å². The molecule has 2 aromatic carbocycles. The van der Waals surface area contributed by atoms with E-state index in [1.807, 2.05) is 37.3 Å². The topological polar surface area (TPSA) is 224 Å². The molecular weight excluding hydrogens is 710 g/mol. The van der Waals surface area contributed by atoms with Gasteiger partial charge in [0.1, 0.15) is 18.4 Å². The number of carbonyl (C=O) groups excluding carboxylic acids is 5. The van der Waals surface area contributed by atoms with Gasteiger partial charge in [-0.1, -0.05) is 44.2 Å². The number of nitrogens with zero attached hydrogens (tertiary/aromatic N) is 3. The third kappa shape index (κ3) is 7.85. The Morgan fingerprint density at radius 1 is 1.05 bits per heavy atom. The summed E-state index contributed by atoms with van der Waals surface area (Å²) >= 11 is 0. The maximum absolute atomic E-state index is 13.6. The summed E-state index contributed by atoms with van der Waals surface area (Å²) in [6, 6.07) is 14.4. The van der Waals surface area contributed by atoms with Gasteiger partial charge in [0.2, 0.25) is 11.8 Å². The van der Waals surface area contributed by atoms with Crippen molar-refractivity contribution in [1.82, 2.24) is 30.4 Å².